The molecule has 1 heterocycles. The molecule has 1 unspecified atom stereocenters. The third kappa shape index (κ3) is 7.82. The van der Waals surface area contributed by atoms with Crippen molar-refractivity contribution in [3.8, 4) is 5.75 Å². The summed E-state index contributed by atoms with van der Waals surface area (Å²) in [6, 6.07) is 16.8. The number of amides is 1. The fourth-order valence-corrected chi connectivity index (χ4v) is 4.56. The average molecular weight is 526 g/mol. The molecule has 202 valence electrons. The van der Waals surface area contributed by atoms with Crippen LogP contribution in [0.3, 0.4) is 0 Å². The van der Waals surface area contributed by atoms with Crippen LogP contribution in [0.1, 0.15) is 28.3 Å². The molecule has 1 amide bonds. The van der Waals surface area contributed by atoms with Crippen molar-refractivity contribution in [2.75, 3.05) is 27.2 Å². The van der Waals surface area contributed by atoms with Crippen molar-refractivity contribution in [3.63, 3.8) is 0 Å². The van der Waals surface area contributed by atoms with Crippen molar-refractivity contribution in [2.24, 2.45) is 0 Å². The largest absolute Gasteiger partial charge is 0.412 e. The number of ether oxygens (including phenoxy) is 2. The first-order chi connectivity index (χ1) is 18.3. The number of aliphatic hydroxyl groups is 1. The van der Waals surface area contributed by atoms with Crippen LogP contribution in [-0.4, -0.2) is 55.5 Å². The van der Waals surface area contributed by atoms with E-state index in [1.165, 1.54) is 17.7 Å². The molecule has 0 saturated carbocycles. The first kappa shape index (κ1) is 27.7. The smallest absolute Gasteiger partial charge is 0.410 e. The molecule has 38 heavy (non-hydrogen) atoms. The molecule has 0 aromatic heterocycles. The van der Waals surface area contributed by atoms with Gasteiger partial charge in [-0.2, -0.15) is 0 Å². The highest BCUT2D eigenvalue weighted by Crippen LogP contribution is 2.26. The van der Waals surface area contributed by atoms with E-state index in [0.717, 1.165) is 23.7 Å². The SMILES string of the molecule is CN(C)Cc1ccc2c(c1)C(NC[C@@H](O)[C@H](Cc1cc(F)cc(F)c1)NC(=O)Oc1ccccc1)COC2. The zero-order valence-corrected chi connectivity index (χ0v) is 21.5. The first-order valence-corrected chi connectivity index (χ1v) is 12.5. The summed E-state index contributed by atoms with van der Waals surface area (Å²) in [7, 11) is 4.02. The summed E-state index contributed by atoms with van der Waals surface area (Å²) < 4.78 is 38.7. The Morgan fingerprint density at radius 2 is 1.82 bits per heavy atom. The van der Waals surface area contributed by atoms with Gasteiger partial charge in [0.05, 0.1) is 31.4 Å². The van der Waals surface area contributed by atoms with Crippen LogP contribution < -0.4 is 15.4 Å². The molecule has 0 spiro atoms. The molecule has 0 saturated heterocycles. The molecule has 0 fully saturated rings. The molecule has 3 aromatic carbocycles. The van der Waals surface area contributed by atoms with Crippen molar-refractivity contribution in [3.05, 3.63) is 101 Å². The molecule has 0 bridgehead atoms. The van der Waals surface area contributed by atoms with Crippen LogP contribution >= 0.6 is 0 Å². The summed E-state index contributed by atoms with van der Waals surface area (Å²) in [4.78, 5) is 14.7. The minimum atomic E-state index is -1.10. The van der Waals surface area contributed by atoms with E-state index in [1.54, 1.807) is 30.3 Å². The molecule has 0 radical (unpaired) electrons. The number of benzene rings is 3. The Morgan fingerprint density at radius 1 is 1.08 bits per heavy atom. The average Bonchev–Trinajstić information content (AvgIpc) is 2.86. The van der Waals surface area contributed by atoms with E-state index in [-0.39, 0.29) is 19.0 Å². The minimum absolute atomic E-state index is 0.00778. The number of nitrogens with zero attached hydrogens (tertiary/aromatic N) is 1. The number of fused-ring (bicyclic) bond motifs is 1. The van der Waals surface area contributed by atoms with E-state index in [0.29, 0.717) is 24.5 Å². The standard InChI is InChI=1S/C29H33F2N3O4/c1-34(2)16-19-8-9-21-17-37-18-27(25(21)12-19)32-15-28(35)26(13-20-10-22(30)14-23(31)11-20)33-29(36)38-24-6-4-3-5-7-24/h3-12,14,26-28,32,35H,13,15-18H2,1-2H3,(H,33,36)/t26-,27?,28+/m0/s1. The maximum atomic E-state index is 13.8. The predicted molar refractivity (Wildman–Crippen MR) is 140 cm³/mol. The molecule has 3 N–H and O–H groups in total. The summed E-state index contributed by atoms with van der Waals surface area (Å²) in [5.41, 5.74) is 3.63. The maximum absolute atomic E-state index is 13.8. The monoisotopic (exact) mass is 525 g/mol. The Balaban J connectivity index is 1.47. The van der Waals surface area contributed by atoms with Crippen molar-refractivity contribution < 1.29 is 28.2 Å². The van der Waals surface area contributed by atoms with Gasteiger partial charge in [-0.1, -0.05) is 36.4 Å². The lowest BCUT2D eigenvalue weighted by Crippen LogP contribution is -2.50. The fraction of sp³-hybridized carbons (Fsp3) is 0.345. The van der Waals surface area contributed by atoms with Crippen molar-refractivity contribution >= 4 is 6.09 Å². The predicted octanol–water partition coefficient (Wildman–Crippen LogP) is 3.95. The van der Waals surface area contributed by atoms with E-state index in [1.807, 2.05) is 14.1 Å². The molecule has 4 rings (SSSR count). The Labute approximate surface area is 221 Å². The second kappa shape index (κ2) is 12.9. The number of aliphatic hydroxyl groups excluding tert-OH is 1. The number of carbonyl (C=O) groups excluding carboxylic acids is 1. The molecule has 1 aliphatic heterocycles. The van der Waals surface area contributed by atoms with Crippen molar-refractivity contribution in [1.82, 2.24) is 15.5 Å². The molecule has 3 atom stereocenters. The van der Waals surface area contributed by atoms with Crippen LogP contribution in [0.2, 0.25) is 0 Å². The lowest BCUT2D eigenvalue weighted by Gasteiger charge is -2.30. The van der Waals surface area contributed by atoms with Gasteiger partial charge >= 0.3 is 6.09 Å². The third-order valence-corrected chi connectivity index (χ3v) is 6.30. The van der Waals surface area contributed by atoms with Gasteiger partial charge in [-0.3, -0.25) is 0 Å². The second-order valence-corrected chi connectivity index (χ2v) is 9.75. The number of halogens is 2. The number of rotatable bonds is 10. The van der Waals surface area contributed by atoms with Crippen LogP contribution in [0.4, 0.5) is 13.6 Å². The van der Waals surface area contributed by atoms with Crippen LogP contribution in [0.15, 0.2) is 66.7 Å². The zero-order chi connectivity index (χ0) is 27.1. The maximum Gasteiger partial charge on any atom is 0.412 e. The van der Waals surface area contributed by atoms with Gasteiger partial charge < -0.3 is 30.1 Å². The van der Waals surface area contributed by atoms with E-state index < -0.39 is 29.9 Å². The van der Waals surface area contributed by atoms with Crippen LogP contribution in [0.5, 0.6) is 5.75 Å². The zero-order valence-electron chi connectivity index (χ0n) is 21.5. The van der Waals surface area contributed by atoms with Gasteiger partial charge in [0, 0.05) is 19.2 Å². The van der Waals surface area contributed by atoms with Gasteiger partial charge in [0.2, 0.25) is 0 Å². The summed E-state index contributed by atoms with van der Waals surface area (Å²) >= 11 is 0. The van der Waals surface area contributed by atoms with Gasteiger partial charge in [0.25, 0.3) is 0 Å². The highest BCUT2D eigenvalue weighted by molar-refractivity contribution is 5.70. The van der Waals surface area contributed by atoms with Gasteiger partial charge in [0.15, 0.2) is 0 Å². The topological polar surface area (TPSA) is 83.1 Å². The quantitative estimate of drug-likeness (QED) is 0.372. The van der Waals surface area contributed by atoms with Gasteiger partial charge in [-0.15, -0.1) is 0 Å². The number of hydrogen-bond acceptors (Lipinski definition) is 6. The summed E-state index contributed by atoms with van der Waals surface area (Å²) in [6.07, 6.45) is -1.89. The molecule has 7 nitrogen and oxygen atoms in total. The molecular weight excluding hydrogens is 492 g/mol. The third-order valence-electron chi connectivity index (χ3n) is 6.30. The number of carbonyl (C=O) groups is 1. The first-order valence-electron chi connectivity index (χ1n) is 12.5. The number of hydrogen-bond donors (Lipinski definition) is 3. The minimum Gasteiger partial charge on any atom is -0.410 e. The number of nitrogens with one attached hydrogen (secondary N) is 2. The van der Waals surface area contributed by atoms with Gasteiger partial charge in [0.1, 0.15) is 17.4 Å². The summed E-state index contributed by atoms with van der Waals surface area (Å²) in [5.74, 6) is -1.14. The Morgan fingerprint density at radius 3 is 2.53 bits per heavy atom. The Bertz CT molecular complexity index is 1210. The van der Waals surface area contributed by atoms with Crippen molar-refractivity contribution in [1.29, 1.82) is 0 Å². The lowest BCUT2D eigenvalue weighted by molar-refractivity contribution is 0.0699. The van der Waals surface area contributed by atoms with E-state index in [9.17, 15) is 18.7 Å². The summed E-state index contributed by atoms with van der Waals surface area (Å²) in [5, 5.41) is 17.1. The number of para-hydroxylation sites is 1. The Hall–Kier alpha value is -3.37. The second-order valence-electron chi connectivity index (χ2n) is 9.75. The van der Waals surface area contributed by atoms with Gasteiger partial charge in [-0.25, -0.2) is 13.6 Å². The highest BCUT2D eigenvalue weighted by atomic mass is 19.1. The molecule has 1 aliphatic rings. The van der Waals surface area contributed by atoms with Gasteiger partial charge in [-0.05, 0) is 67.0 Å². The molecular formula is C29H33F2N3O4. The lowest BCUT2D eigenvalue weighted by atomic mass is 9.95. The normalized spacial score (nSPS) is 16.5. The Kier molecular flexibility index (Phi) is 9.41. The van der Waals surface area contributed by atoms with Crippen molar-refractivity contribution in [2.45, 2.75) is 37.8 Å². The van der Waals surface area contributed by atoms with Crippen LogP contribution in [-0.2, 0) is 24.3 Å². The highest BCUT2D eigenvalue weighted by Gasteiger charge is 2.27. The van der Waals surface area contributed by atoms with Crippen LogP contribution in [0.25, 0.3) is 0 Å². The van der Waals surface area contributed by atoms with E-state index in [2.05, 4.69) is 33.7 Å². The van der Waals surface area contributed by atoms with E-state index >= 15 is 0 Å². The molecule has 0 aliphatic carbocycles. The van der Waals surface area contributed by atoms with E-state index in [4.69, 9.17) is 9.47 Å². The fourth-order valence-electron chi connectivity index (χ4n) is 4.56. The molecule has 9 heteroatoms. The summed E-state index contributed by atoms with van der Waals surface area (Å²) in [6.45, 7) is 1.83. The van der Waals surface area contributed by atoms with Crippen LogP contribution in [0, 0.1) is 11.6 Å². The molecule has 3 aromatic rings.